The van der Waals surface area contributed by atoms with Crippen LogP contribution in [0.4, 0.5) is 5.69 Å². The maximum Gasteiger partial charge on any atom is 0.308 e. The molecule has 1 aromatic rings. The molecule has 1 rings (SSSR count). The monoisotopic (exact) mass is 262 g/mol. The van der Waals surface area contributed by atoms with Gasteiger partial charge in [-0.15, -0.1) is 0 Å². The number of nitrogens with zero attached hydrogens (tertiary/aromatic N) is 2. The Balaban J connectivity index is 2.98. The second kappa shape index (κ2) is 7.27. The lowest BCUT2D eigenvalue weighted by atomic mass is 10.1. The van der Waals surface area contributed by atoms with Crippen LogP contribution in [0, 0.1) is 17.2 Å². The second-order valence-electron chi connectivity index (χ2n) is 4.18. The van der Waals surface area contributed by atoms with E-state index in [-0.39, 0.29) is 13.1 Å². The molecule has 0 amide bonds. The molecular formula is C14H18N2O3. The van der Waals surface area contributed by atoms with Crippen molar-refractivity contribution >= 4 is 11.7 Å². The number of anilines is 1. The minimum Gasteiger partial charge on any atom is -0.492 e. The molecule has 5 nitrogen and oxygen atoms in total. The Bertz CT molecular complexity index is 468. The summed E-state index contributed by atoms with van der Waals surface area (Å²) in [6.07, 6.45) is 0. The third-order valence-corrected chi connectivity index (χ3v) is 2.68. The van der Waals surface area contributed by atoms with Crippen molar-refractivity contribution in [1.29, 1.82) is 5.26 Å². The summed E-state index contributed by atoms with van der Waals surface area (Å²) in [7, 11) is 0. The predicted molar refractivity (Wildman–Crippen MR) is 72.2 cm³/mol. The van der Waals surface area contributed by atoms with Gasteiger partial charge in [-0.1, -0.05) is 19.1 Å². The van der Waals surface area contributed by atoms with E-state index in [2.05, 4.69) is 6.07 Å². The maximum absolute atomic E-state index is 10.9. The van der Waals surface area contributed by atoms with Crippen LogP contribution >= 0.6 is 0 Å². The van der Waals surface area contributed by atoms with Gasteiger partial charge in [0, 0.05) is 6.54 Å². The van der Waals surface area contributed by atoms with Crippen LogP contribution in [0.1, 0.15) is 13.8 Å². The van der Waals surface area contributed by atoms with Gasteiger partial charge in [0.05, 0.1) is 24.3 Å². The van der Waals surface area contributed by atoms with Gasteiger partial charge in [-0.25, -0.2) is 0 Å². The van der Waals surface area contributed by atoms with E-state index in [0.717, 1.165) is 5.69 Å². The van der Waals surface area contributed by atoms with Gasteiger partial charge in [0.25, 0.3) is 0 Å². The lowest BCUT2D eigenvalue weighted by Crippen LogP contribution is -2.32. The first-order chi connectivity index (χ1) is 9.10. The van der Waals surface area contributed by atoms with Gasteiger partial charge in [-0.05, 0) is 19.1 Å². The fourth-order valence-corrected chi connectivity index (χ4v) is 1.74. The zero-order valence-electron chi connectivity index (χ0n) is 11.2. The third kappa shape index (κ3) is 4.18. The van der Waals surface area contributed by atoms with Crippen LogP contribution in [0.5, 0.6) is 5.75 Å². The first-order valence-corrected chi connectivity index (χ1v) is 6.16. The number of hydrogen-bond donors (Lipinski definition) is 1. The highest BCUT2D eigenvalue weighted by molar-refractivity contribution is 5.71. The van der Waals surface area contributed by atoms with Crippen molar-refractivity contribution in [3.8, 4) is 11.8 Å². The standard InChI is InChI=1S/C14H18N2O3/c1-3-19-13-7-5-4-6-12(13)16(9-8-15)10-11(2)14(17)18/h4-7,11H,3,9-10H2,1-2H3,(H,17,18). The van der Waals surface area contributed by atoms with E-state index >= 15 is 0 Å². The number of ether oxygens (including phenoxy) is 1. The normalized spacial score (nSPS) is 11.4. The summed E-state index contributed by atoms with van der Waals surface area (Å²) in [6.45, 7) is 4.42. The maximum atomic E-state index is 10.9. The highest BCUT2D eigenvalue weighted by Gasteiger charge is 2.18. The van der Waals surface area contributed by atoms with Crippen molar-refractivity contribution in [1.82, 2.24) is 0 Å². The van der Waals surface area contributed by atoms with E-state index in [9.17, 15) is 4.79 Å². The Hall–Kier alpha value is -2.22. The van der Waals surface area contributed by atoms with Gasteiger partial charge >= 0.3 is 5.97 Å². The predicted octanol–water partition coefficient (Wildman–Crippen LogP) is 2.14. The Labute approximate surface area is 113 Å². The Morgan fingerprint density at radius 1 is 1.53 bits per heavy atom. The molecular weight excluding hydrogens is 244 g/mol. The largest absolute Gasteiger partial charge is 0.492 e. The number of aliphatic carboxylic acids is 1. The van der Waals surface area contributed by atoms with Crippen molar-refractivity contribution < 1.29 is 14.6 Å². The molecule has 102 valence electrons. The average Bonchev–Trinajstić information content (AvgIpc) is 2.39. The molecule has 0 radical (unpaired) electrons. The molecule has 0 aromatic heterocycles. The van der Waals surface area contributed by atoms with Crippen LogP contribution < -0.4 is 9.64 Å². The molecule has 0 bridgehead atoms. The highest BCUT2D eigenvalue weighted by Crippen LogP contribution is 2.28. The van der Waals surface area contributed by atoms with E-state index in [1.807, 2.05) is 31.2 Å². The highest BCUT2D eigenvalue weighted by atomic mass is 16.5. The molecule has 1 aromatic carbocycles. The minimum absolute atomic E-state index is 0.127. The van der Waals surface area contributed by atoms with Crippen molar-refractivity contribution in [3.05, 3.63) is 24.3 Å². The van der Waals surface area contributed by atoms with Gasteiger partial charge in [-0.3, -0.25) is 4.79 Å². The van der Waals surface area contributed by atoms with E-state index in [1.165, 1.54) is 0 Å². The molecule has 0 saturated carbocycles. The van der Waals surface area contributed by atoms with Crippen LogP contribution in [0.3, 0.4) is 0 Å². The fourth-order valence-electron chi connectivity index (χ4n) is 1.74. The molecule has 0 aliphatic carbocycles. The van der Waals surface area contributed by atoms with Crippen molar-refractivity contribution in [2.45, 2.75) is 13.8 Å². The SMILES string of the molecule is CCOc1ccccc1N(CC#N)CC(C)C(=O)O. The smallest absolute Gasteiger partial charge is 0.308 e. The summed E-state index contributed by atoms with van der Waals surface area (Å²) in [5, 5.41) is 17.9. The van der Waals surface area contributed by atoms with Crippen molar-refractivity contribution in [3.63, 3.8) is 0 Å². The minimum atomic E-state index is -0.878. The quantitative estimate of drug-likeness (QED) is 0.762. The zero-order chi connectivity index (χ0) is 14.3. The Morgan fingerprint density at radius 2 is 2.21 bits per heavy atom. The lowest BCUT2D eigenvalue weighted by Gasteiger charge is -2.25. The van der Waals surface area contributed by atoms with E-state index in [4.69, 9.17) is 15.1 Å². The fraction of sp³-hybridized carbons (Fsp3) is 0.429. The summed E-state index contributed by atoms with van der Waals surface area (Å²) in [5.74, 6) is -0.766. The summed E-state index contributed by atoms with van der Waals surface area (Å²) >= 11 is 0. The van der Waals surface area contributed by atoms with Crippen LogP contribution in [0.2, 0.25) is 0 Å². The van der Waals surface area contributed by atoms with E-state index < -0.39 is 11.9 Å². The van der Waals surface area contributed by atoms with E-state index in [0.29, 0.717) is 12.4 Å². The number of carboxylic acids is 1. The van der Waals surface area contributed by atoms with Gasteiger partial charge < -0.3 is 14.7 Å². The average molecular weight is 262 g/mol. The number of hydrogen-bond acceptors (Lipinski definition) is 4. The van der Waals surface area contributed by atoms with Crippen molar-refractivity contribution in [2.24, 2.45) is 5.92 Å². The first-order valence-electron chi connectivity index (χ1n) is 6.16. The van der Waals surface area contributed by atoms with Crippen molar-refractivity contribution in [2.75, 3.05) is 24.6 Å². The number of benzene rings is 1. The van der Waals surface area contributed by atoms with Gasteiger partial charge in [0.15, 0.2) is 0 Å². The lowest BCUT2D eigenvalue weighted by molar-refractivity contribution is -0.140. The Kier molecular flexibility index (Phi) is 5.68. The van der Waals surface area contributed by atoms with Gasteiger partial charge in [0.1, 0.15) is 12.3 Å². The summed E-state index contributed by atoms with van der Waals surface area (Å²) in [5.41, 5.74) is 0.749. The number of nitriles is 1. The number of rotatable bonds is 7. The number of carboxylic acid groups (broad SMARTS) is 1. The molecule has 5 heteroatoms. The van der Waals surface area contributed by atoms with Gasteiger partial charge in [0.2, 0.25) is 0 Å². The van der Waals surface area contributed by atoms with Crippen LogP contribution in [-0.2, 0) is 4.79 Å². The molecule has 0 fully saturated rings. The number of carbonyl (C=O) groups is 1. The van der Waals surface area contributed by atoms with Gasteiger partial charge in [-0.2, -0.15) is 5.26 Å². The number of para-hydroxylation sites is 2. The molecule has 1 unspecified atom stereocenters. The molecule has 1 N–H and O–H groups in total. The molecule has 0 aliphatic heterocycles. The topological polar surface area (TPSA) is 73.6 Å². The van der Waals surface area contributed by atoms with Crippen LogP contribution in [-0.4, -0.2) is 30.8 Å². The zero-order valence-corrected chi connectivity index (χ0v) is 11.2. The molecule has 0 aliphatic rings. The summed E-state index contributed by atoms with van der Waals surface area (Å²) < 4.78 is 5.51. The molecule has 0 heterocycles. The van der Waals surface area contributed by atoms with Crippen LogP contribution in [0.15, 0.2) is 24.3 Å². The molecule has 0 spiro atoms. The summed E-state index contributed by atoms with van der Waals surface area (Å²) in [4.78, 5) is 12.7. The first kappa shape index (κ1) is 14.8. The van der Waals surface area contributed by atoms with Crippen LogP contribution in [0.25, 0.3) is 0 Å². The van der Waals surface area contributed by atoms with E-state index in [1.54, 1.807) is 11.8 Å². The summed E-state index contributed by atoms with van der Waals surface area (Å²) in [6, 6.07) is 9.39. The second-order valence-corrected chi connectivity index (χ2v) is 4.18. The third-order valence-electron chi connectivity index (χ3n) is 2.68. The molecule has 19 heavy (non-hydrogen) atoms. The molecule has 1 atom stereocenters. The Morgan fingerprint density at radius 3 is 2.79 bits per heavy atom. The molecule has 0 saturated heterocycles.